The van der Waals surface area contributed by atoms with Gasteiger partial charge in [0.15, 0.2) is 0 Å². The molecule has 0 spiro atoms. The number of hydrogen-bond donors (Lipinski definition) is 2. The molecule has 9 heteroatoms. The summed E-state index contributed by atoms with van der Waals surface area (Å²) in [5.41, 5.74) is 0.159. The summed E-state index contributed by atoms with van der Waals surface area (Å²) in [6, 6.07) is 6.58. The van der Waals surface area contributed by atoms with Crippen LogP contribution < -0.4 is 14.6 Å². The van der Waals surface area contributed by atoms with E-state index in [-0.39, 0.29) is 28.8 Å². The second kappa shape index (κ2) is 8.87. The molecule has 1 atom stereocenters. The SMILES string of the molecule is CCCC(=O)N1CCCC(COc2cccc(NS(N)(=O)=O)c2C#N)C1. The van der Waals surface area contributed by atoms with Gasteiger partial charge in [-0.05, 0) is 31.4 Å². The van der Waals surface area contributed by atoms with Crippen molar-refractivity contribution in [3.05, 3.63) is 23.8 Å². The van der Waals surface area contributed by atoms with Crippen LogP contribution in [0, 0.1) is 17.2 Å². The lowest BCUT2D eigenvalue weighted by molar-refractivity contribution is -0.133. The van der Waals surface area contributed by atoms with E-state index in [1.807, 2.05) is 17.9 Å². The summed E-state index contributed by atoms with van der Waals surface area (Å²) in [5.74, 6) is 0.623. The standard InChI is InChI=1S/C17H24N4O4S/c1-2-5-17(22)21-9-4-6-13(11-21)12-25-16-8-3-7-15(14(16)10-18)20-26(19,23)24/h3,7-8,13,20H,2,4-6,9,11-12H2,1H3,(H2,19,23,24). The maximum absolute atomic E-state index is 12.1. The Bertz CT molecular complexity index is 788. The van der Waals surface area contributed by atoms with Crippen molar-refractivity contribution in [1.29, 1.82) is 5.26 Å². The second-order valence-corrected chi connectivity index (χ2v) is 7.64. The normalized spacial score (nSPS) is 17.4. The van der Waals surface area contributed by atoms with Gasteiger partial charge in [-0.15, -0.1) is 0 Å². The first-order valence-corrected chi connectivity index (χ1v) is 10.1. The van der Waals surface area contributed by atoms with Gasteiger partial charge in [-0.2, -0.15) is 13.7 Å². The fourth-order valence-corrected chi connectivity index (χ4v) is 3.49. The molecule has 8 nitrogen and oxygen atoms in total. The van der Waals surface area contributed by atoms with Gasteiger partial charge >= 0.3 is 0 Å². The molecular weight excluding hydrogens is 356 g/mol. The predicted octanol–water partition coefficient (Wildman–Crippen LogP) is 1.59. The number of nitrogens with two attached hydrogens (primary N) is 1. The number of nitrogens with one attached hydrogen (secondary N) is 1. The Kier molecular flexibility index (Phi) is 6.83. The number of nitrogens with zero attached hydrogens (tertiary/aromatic N) is 2. The molecule has 0 radical (unpaired) electrons. The lowest BCUT2D eigenvalue weighted by Gasteiger charge is -2.32. The molecule has 0 saturated carbocycles. The monoisotopic (exact) mass is 380 g/mol. The van der Waals surface area contributed by atoms with Gasteiger partial charge in [0.05, 0.1) is 12.3 Å². The number of hydrogen-bond acceptors (Lipinski definition) is 5. The van der Waals surface area contributed by atoms with Crippen LogP contribution in [0.3, 0.4) is 0 Å². The molecule has 142 valence electrons. The number of likely N-dealkylation sites (tertiary alicyclic amines) is 1. The number of nitriles is 1. The third-order valence-corrected chi connectivity index (χ3v) is 4.70. The van der Waals surface area contributed by atoms with Crippen molar-refractivity contribution in [2.45, 2.75) is 32.6 Å². The van der Waals surface area contributed by atoms with Gasteiger partial charge in [-0.25, -0.2) is 5.14 Å². The van der Waals surface area contributed by atoms with Crippen LogP contribution in [-0.4, -0.2) is 38.9 Å². The van der Waals surface area contributed by atoms with E-state index >= 15 is 0 Å². The third-order valence-electron chi connectivity index (χ3n) is 4.20. The summed E-state index contributed by atoms with van der Waals surface area (Å²) in [5, 5.41) is 14.3. The highest BCUT2D eigenvalue weighted by Gasteiger charge is 2.24. The number of carbonyl (C=O) groups excluding carboxylic acids is 1. The van der Waals surface area contributed by atoms with E-state index in [2.05, 4.69) is 4.72 Å². The first kappa shape index (κ1) is 20.0. The summed E-state index contributed by atoms with van der Waals surface area (Å²) < 4.78 is 30.3. The molecule has 0 aromatic heterocycles. The van der Waals surface area contributed by atoms with Crippen LogP contribution in [0.5, 0.6) is 5.75 Å². The van der Waals surface area contributed by atoms with Crippen LogP contribution in [-0.2, 0) is 15.0 Å². The molecule has 0 bridgehead atoms. The molecule has 1 aromatic carbocycles. The lowest BCUT2D eigenvalue weighted by Crippen LogP contribution is -2.41. The van der Waals surface area contributed by atoms with E-state index < -0.39 is 10.2 Å². The topological polar surface area (TPSA) is 126 Å². The Labute approximate surface area is 154 Å². The van der Waals surface area contributed by atoms with E-state index in [0.717, 1.165) is 25.8 Å². The Balaban J connectivity index is 2.04. The van der Waals surface area contributed by atoms with Gasteiger partial charge in [-0.1, -0.05) is 13.0 Å². The lowest BCUT2D eigenvalue weighted by atomic mass is 9.98. The van der Waals surface area contributed by atoms with Gasteiger partial charge in [-0.3, -0.25) is 9.52 Å². The summed E-state index contributed by atoms with van der Waals surface area (Å²) in [6.07, 6.45) is 3.23. The molecule has 1 aliphatic rings. The molecule has 26 heavy (non-hydrogen) atoms. The van der Waals surface area contributed by atoms with E-state index in [1.54, 1.807) is 12.1 Å². The highest BCUT2D eigenvalue weighted by molar-refractivity contribution is 7.90. The average Bonchev–Trinajstić information content (AvgIpc) is 2.59. The molecule has 1 fully saturated rings. The maximum atomic E-state index is 12.1. The molecule has 1 aliphatic heterocycles. The number of amides is 1. The van der Waals surface area contributed by atoms with Crippen LogP contribution in [0.4, 0.5) is 5.69 Å². The van der Waals surface area contributed by atoms with Crippen molar-refractivity contribution in [2.24, 2.45) is 11.1 Å². The average molecular weight is 380 g/mol. The molecular formula is C17H24N4O4S. The van der Waals surface area contributed by atoms with Gasteiger partial charge in [0, 0.05) is 25.4 Å². The Morgan fingerprint density at radius 1 is 1.50 bits per heavy atom. The Hall–Kier alpha value is -2.31. The smallest absolute Gasteiger partial charge is 0.296 e. The van der Waals surface area contributed by atoms with Crippen LogP contribution in [0.1, 0.15) is 38.2 Å². The fraction of sp³-hybridized carbons (Fsp3) is 0.529. The molecule has 1 aromatic rings. The molecule has 1 saturated heterocycles. The number of ether oxygens (including phenoxy) is 1. The van der Waals surface area contributed by atoms with Crippen LogP contribution in [0.15, 0.2) is 18.2 Å². The van der Waals surface area contributed by atoms with Crippen molar-refractivity contribution in [3.8, 4) is 11.8 Å². The quantitative estimate of drug-likeness (QED) is 0.743. The van der Waals surface area contributed by atoms with Gasteiger partial charge in [0.1, 0.15) is 17.4 Å². The van der Waals surface area contributed by atoms with Gasteiger partial charge in [0.2, 0.25) is 5.91 Å². The summed E-state index contributed by atoms with van der Waals surface area (Å²) in [6.45, 7) is 3.74. The summed E-state index contributed by atoms with van der Waals surface area (Å²) in [4.78, 5) is 13.9. The zero-order valence-electron chi connectivity index (χ0n) is 14.8. The fourth-order valence-electron chi connectivity index (χ4n) is 3.01. The predicted molar refractivity (Wildman–Crippen MR) is 97.6 cm³/mol. The van der Waals surface area contributed by atoms with Gasteiger partial charge in [0.25, 0.3) is 10.2 Å². The largest absolute Gasteiger partial charge is 0.492 e. The van der Waals surface area contributed by atoms with Gasteiger partial charge < -0.3 is 9.64 Å². The van der Waals surface area contributed by atoms with E-state index in [0.29, 0.717) is 19.6 Å². The number of benzene rings is 1. The highest BCUT2D eigenvalue weighted by Crippen LogP contribution is 2.27. The third kappa shape index (κ3) is 5.61. The Morgan fingerprint density at radius 3 is 2.92 bits per heavy atom. The van der Waals surface area contributed by atoms with Crippen molar-refractivity contribution in [2.75, 3.05) is 24.4 Å². The summed E-state index contributed by atoms with van der Waals surface area (Å²) >= 11 is 0. The maximum Gasteiger partial charge on any atom is 0.296 e. The number of carbonyl (C=O) groups is 1. The summed E-state index contributed by atoms with van der Waals surface area (Å²) in [7, 11) is -3.99. The number of piperidine rings is 1. The van der Waals surface area contributed by atoms with Crippen molar-refractivity contribution >= 4 is 21.8 Å². The molecule has 1 unspecified atom stereocenters. The Morgan fingerprint density at radius 2 is 2.27 bits per heavy atom. The highest BCUT2D eigenvalue weighted by atomic mass is 32.2. The van der Waals surface area contributed by atoms with E-state index in [4.69, 9.17) is 9.88 Å². The minimum atomic E-state index is -3.99. The zero-order chi connectivity index (χ0) is 19.2. The minimum absolute atomic E-state index is 0.0795. The van der Waals surface area contributed by atoms with Crippen molar-refractivity contribution in [3.63, 3.8) is 0 Å². The molecule has 2 rings (SSSR count). The molecule has 0 aliphatic carbocycles. The van der Waals surface area contributed by atoms with Crippen LogP contribution >= 0.6 is 0 Å². The van der Waals surface area contributed by atoms with E-state index in [9.17, 15) is 18.5 Å². The minimum Gasteiger partial charge on any atom is -0.492 e. The molecule has 1 heterocycles. The number of anilines is 1. The zero-order valence-corrected chi connectivity index (χ0v) is 15.6. The molecule has 3 N–H and O–H groups in total. The second-order valence-electron chi connectivity index (χ2n) is 6.35. The van der Waals surface area contributed by atoms with Crippen LogP contribution in [0.25, 0.3) is 0 Å². The first-order valence-electron chi connectivity index (χ1n) is 8.58. The van der Waals surface area contributed by atoms with Crippen molar-refractivity contribution < 1.29 is 17.9 Å². The van der Waals surface area contributed by atoms with Crippen LogP contribution in [0.2, 0.25) is 0 Å². The number of rotatable bonds is 7. The van der Waals surface area contributed by atoms with E-state index in [1.165, 1.54) is 6.07 Å². The molecule has 1 amide bonds. The van der Waals surface area contributed by atoms with Crippen molar-refractivity contribution in [1.82, 2.24) is 4.90 Å². The first-order chi connectivity index (χ1) is 12.3.